The van der Waals surface area contributed by atoms with Crippen molar-refractivity contribution in [1.29, 1.82) is 0 Å². The van der Waals surface area contributed by atoms with Gasteiger partial charge in [-0.05, 0) is 12.1 Å². The van der Waals surface area contributed by atoms with E-state index in [0.29, 0.717) is 0 Å². The molecule has 0 saturated carbocycles. The topological polar surface area (TPSA) is 34.1 Å². The predicted molar refractivity (Wildman–Crippen MR) is 45.2 cm³/mol. The molecule has 0 saturated heterocycles. The molecule has 0 radical (unpaired) electrons. The summed E-state index contributed by atoms with van der Waals surface area (Å²) >= 11 is 0. The first-order chi connectivity index (χ1) is 5.97. The maximum Gasteiger partial charge on any atom is 0.139 e. The number of hydrogen-bond donors (Lipinski definition) is 1. The van der Waals surface area contributed by atoms with Crippen molar-refractivity contribution in [3.8, 4) is 0 Å². The van der Waals surface area contributed by atoms with E-state index in [1.807, 2.05) is 30.4 Å². The van der Waals surface area contributed by atoms with Crippen molar-refractivity contribution in [2.45, 2.75) is 6.10 Å². The van der Waals surface area contributed by atoms with Crippen LogP contribution in [0.15, 0.2) is 36.5 Å². The number of hydrogen-bond acceptors (Lipinski definition) is 3. The summed E-state index contributed by atoms with van der Waals surface area (Å²) in [5.41, 5.74) is 3.74. The van der Waals surface area contributed by atoms with Crippen molar-refractivity contribution in [2.24, 2.45) is 0 Å². The number of rotatable bonds is 1. The van der Waals surface area contributed by atoms with Crippen molar-refractivity contribution in [3.05, 3.63) is 42.2 Å². The molecule has 1 aliphatic heterocycles. The number of nitrogens with zero attached hydrogens (tertiary/aromatic N) is 1. The van der Waals surface area contributed by atoms with Gasteiger partial charge in [-0.25, -0.2) is 0 Å². The minimum atomic E-state index is -0.0417. The molecule has 1 aromatic rings. The van der Waals surface area contributed by atoms with Crippen LogP contribution in [0.2, 0.25) is 0 Å². The minimum absolute atomic E-state index is 0.0417. The van der Waals surface area contributed by atoms with Crippen molar-refractivity contribution >= 4 is 0 Å². The van der Waals surface area contributed by atoms with Gasteiger partial charge in [0.25, 0.3) is 0 Å². The Bertz CT molecular complexity index is 271. The Morgan fingerprint density at radius 3 is 3.17 bits per heavy atom. The second kappa shape index (κ2) is 3.47. The third-order valence-corrected chi connectivity index (χ3v) is 1.70. The van der Waals surface area contributed by atoms with Gasteiger partial charge in [0, 0.05) is 12.7 Å². The summed E-state index contributed by atoms with van der Waals surface area (Å²) in [4.78, 5) is 9.45. The van der Waals surface area contributed by atoms with Gasteiger partial charge in [0.1, 0.15) is 6.10 Å². The highest BCUT2D eigenvalue weighted by atomic mass is 16.7. The Balaban J connectivity index is 2.19. The summed E-state index contributed by atoms with van der Waals surface area (Å²) in [7, 11) is 0. The molecular weight excluding hydrogens is 152 g/mol. The van der Waals surface area contributed by atoms with Crippen molar-refractivity contribution in [1.82, 2.24) is 10.5 Å². The second-order valence-electron chi connectivity index (χ2n) is 2.57. The van der Waals surface area contributed by atoms with Crippen LogP contribution in [-0.2, 0) is 4.84 Å². The molecule has 1 aromatic heterocycles. The molecule has 2 heterocycles. The van der Waals surface area contributed by atoms with E-state index in [1.54, 1.807) is 6.20 Å². The first kappa shape index (κ1) is 7.46. The summed E-state index contributed by atoms with van der Waals surface area (Å²) in [6, 6.07) is 5.79. The molecule has 0 fully saturated rings. The molecule has 0 bridgehead atoms. The first-order valence-electron chi connectivity index (χ1n) is 3.93. The lowest BCUT2D eigenvalue weighted by atomic mass is 10.2. The number of pyridine rings is 1. The Morgan fingerprint density at radius 2 is 2.50 bits per heavy atom. The molecule has 12 heavy (non-hydrogen) atoms. The zero-order valence-electron chi connectivity index (χ0n) is 6.60. The lowest BCUT2D eigenvalue weighted by Gasteiger charge is -2.16. The van der Waals surface area contributed by atoms with Crippen LogP contribution in [-0.4, -0.2) is 11.5 Å². The molecule has 62 valence electrons. The second-order valence-corrected chi connectivity index (χ2v) is 2.57. The Hall–Kier alpha value is -1.19. The summed E-state index contributed by atoms with van der Waals surface area (Å²) < 4.78 is 0. The number of aromatic nitrogens is 1. The number of hydroxylamine groups is 1. The van der Waals surface area contributed by atoms with Crippen molar-refractivity contribution in [2.75, 3.05) is 6.54 Å². The van der Waals surface area contributed by atoms with Crippen LogP contribution >= 0.6 is 0 Å². The lowest BCUT2D eigenvalue weighted by molar-refractivity contribution is -0.00474. The molecule has 0 aliphatic carbocycles. The van der Waals surface area contributed by atoms with Gasteiger partial charge in [-0.1, -0.05) is 18.2 Å². The third-order valence-electron chi connectivity index (χ3n) is 1.70. The van der Waals surface area contributed by atoms with Crippen LogP contribution in [0.4, 0.5) is 0 Å². The van der Waals surface area contributed by atoms with Crippen LogP contribution in [0, 0.1) is 0 Å². The average Bonchev–Trinajstić information content (AvgIpc) is 2.21. The van der Waals surface area contributed by atoms with Gasteiger partial charge in [0.05, 0.1) is 5.69 Å². The van der Waals surface area contributed by atoms with E-state index in [9.17, 15) is 0 Å². The summed E-state index contributed by atoms with van der Waals surface area (Å²) in [5.74, 6) is 0. The quantitative estimate of drug-likeness (QED) is 0.630. The maximum atomic E-state index is 5.26. The first-order valence-corrected chi connectivity index (χ1v) is 3.93. The number of nitrogens with one attached hydrogen (secondary N) is 1. The molecule has 1 aliphatic rings. The molecule has 0 amide bonds. The van der Waals surface area contributed by atoms with E-state index in [-0.39, 0.29) is 6.10 Å². The van der Waals surface area contributed by atoms with Gasteiger partial charge in [0.15, 0.2) is 0 Å². The van der Waals surface area contributed by atoms with E-state index in [2.05, 4.69) is 10.5 Å². The third kappa shape index (κ3) is 1.52. The largest absolute Gasteiger partial charge is 0.288 e. The highest BCUT2D eigenvalue weighted by Crippen LogP contribution is 2.16. The molecule has 0 spiro atoms. The molecular formula is C9H10N2O. The van der Waals surface area contributed by atoms with Gasteiger partial charge in [0.2, 0.25) is 0 Å². The van der Waals surface area contributed by atoms with Gasteiger partial charge < -0.3 is 0 Å². The van der Waals surface area contributed by atoms with Gasteiger partial charge in [-0.15, -0.1) is 0 Å². The Labute approximate surface area is 71.0 Å². The molecule has 3 heteroatoms. The molecule has 2 rings (SSSR count). The minimum Gasteiger partial charge on any atom is -0.288 e. The van der Waals surface area contributed by atoms with E-state index in [1.165, 1.54) is 0 Å². The maximum absolute atomic E-state index is 5.26. The van der Waals surface area contributed by atoms with Crippen LogP contribution < -0.4 is 5.48 Å². The van der Waals surface area contributed by atoms with Crippen LogP contribution in [0.1, 0.15) is 11.8 Å². The molecule has 1 atom stereocenters. The molecule has 3 nitrogen and oxygen atoms in total. The SMILES string of the molecule is C1=CC(c2ccccn2)ONC1. The summed E-state index contributed by atoms with van der Waals surface area (Å²) in [6.45, 7) is 0.767. The van der Waals surface area contributed by atoms with Gasteiger partial charge in [-0.2, -0.15) is 5.48 Å². The lowest BCUT2D eigenvalue weighted by Crippen LogP contribution is -2.22. The smallest absolute Gasteiger partial charge is 0.139 e. The zero-order valence-corrected chi connectivity index (χ0v) is 6.60. The monoisotopic (exact) mass is 162 g/mol. The molecule has 1 N–H and O–H groups in total. The summed E-state index contributed by atoms with van der Waals surface area (Å²) in [5, 5.41) is 0. The van der Waals surface area contributed by atoms with Crippen LogP contribution in [0.3, 0.4) is 0 Å². The van der Waals surface area contributed by atoms with Crippen LogP contribution in [0.5, 0.6) is 0 Å². The fourth-order valence-corrected chi connectivity index (χ4v) is 1.12. The van der Waals surface area contributed by atoms with E-state index in [4.69, 9.17) is 4.84 Å². The van der Waals surface area contributed by atoms with Crippen molar-refractivity contribution < 1.29 is 4.84 Å². The highest BCUT2D eigenvalue weighted by Gasteiger charge is 2.11. The van der Waals surface area contributed by atoms with Gasteiger partial charge >= 0.3 is 0 Å². The highest BCUT2D eigenvalue weighted by molar-refractivity contribution is 5.13. The molecule has 1 unspecified atom stereocenters. The van der Waals surface area contributed by atoms with Crippen LogP contribution in [0.25, 0.3) is 0 Å². The Morgan fingerprint density at radius 1 is 1.50 bits per heavy atom. The fourth-order valence-electron chi connectivity index (χ4n) is 1.12. The predicted octanol–water partition coefficient (Wildman–Crippen LogP) is 1.21. The Kier molecular flexibility index (Phi) is 2.16. The average molecular weight is 162 g/mol. The van der Waals surface area contributed by atoms with Crippen molar-refractivity contribution in [3.63, 3.8) is 0 Å². The summed E-state index contributed by atoms with van der Waals surface area (Å²) in [6.07, 6.45) is 5.75. The normalized spacial score (nSPS) is 22.5. The van der Waals surface area contributed by atoms with E-state index < -0.39 is 0 Å². The standard InChI is InChI=1S/C9H10N2O/c1-2-6-10-8(4-1)9-5-3-7-11-12-9/h1-6,9,11H,7H2. The van der Waals surface area contributed by atoms with E-state index in [0.717, 1.165) is 12.2 Å². The molecule has 0 aromatic carbocycles. The van der Waals surface area contributed by atoms with E-state index >= 15 is 0 Å². The fraction of sp³-hybridized carbons (Fsp3) is 0.222. The zero-order chi connectivity index (χ0) is 8.23. The van der Waals surface area contributed by atoms with Gasteiger partial charge in [-0.3, -0.25) is 9.82 Å².